The summed E-state index contributed by atoms with van der Waals surface area (Å²) in [5, 5.41) is 7.43. The molecule has 3 atom stereocenters. The van der Waals surface area contributed by atoms with E-state index in [0.717, 1.165) is 42.8 Å². The quantitative estimate of drug-likeness (QED) is 0.332. The number of hydrogen-bond acceptors (Lipinski definition) is 3. The number of piperazine rings is 1. The number of rotatable bonds is 10. The first-order valence-electron chi connectivity index (χ1n) is 13.9. The van der Waals surface area contributed by atoms with Crippen molar-refractivity contribution >= 4 is 0 Å². The first-order chi connectivity index (χ1) is 17.2. The van der Waals surface area contributed by atoms with Crippen LogP contribution in [0.15, 0.2) is 85.4 Å². The number of hydrogen-bond donors (Lipinski definition) is 2. The van der Waals surface area contributed by atoms with Crippen molar-refractivity contribution in [3.05, 3.63) is 96.5 Å². The molecule has 1 unspecified atom stereocenters. The van der Waals surface area contributed by atoms with E-state index >= 15 is 0 Å². The van der Waals surface area contributed by atoms with Gasteiger partial charge in [0.2, 0.25) is 0 Å². The molecule has 1 fully saturated rings. The molecule has 0 radical (unpaired) electrons. The smallest absolute Gasteiger partial charge is 0.0936 e. The standard InChI is InChI=1S/C31H45N3.C2H6/c1-10-14-25(11-2)31(23(8)32-21(5)6)34-24(9)30(33-22(7)29(34)17-20(3)4)28-18-26-15-12-13-16-27(26)19-28;1-2/h11-16,20-21,28-33H,2,7-10,17-19H2,1,3-6H3;1-2H3/b25-14+;/t29-,30?,31+;/m1./s1. The normalized spacial score (nSPS) is 21.0. The first kappa shape index (κ1) is 29.5. The Labute approximate surface area is 222 Å². The van der Waals surface area contributed by atoms with Gasteiger partial charge in [-0.15, -0.1) is 0 Å². The van der Waals surface area contributed by atoms with Crippen molar-refractivity contribution in [2.24, 2.45) is 11.8 Å². The van der Waals surface area contributed by atoms with Crippen molar-refractivity contribution in [1.29, 1.82) is 0 Å². The number of benzene rings is 1. The van der Waals surface area contributed by atoms with Gasteiger partial charge in [-0.25, -0.2) is 0 Å². The van der Waals surface area contributed by atoms with Crippen LogP contribution >= 0.6 is 0 Å². The van der Waals surface area contributed by atoms with Crippen LogP contribution in [-0.2, 0) is 12.8 Å². The highest BCUT2D eigenvalue weighted by molar-refractivity contribution is 5.39. The van der Waals surface area contributed by atoms with Crippen LogP contribution in [0.2, 0.25) is 0 Å². The highest BCUT2D eigenvalue weighted by Crippen LogP contribution is 2.39. The minimum atomic E-state index is -0.0405. The summed E-state index contributed by atoms with van der Waals surface area (Å²) in [6.45, 7) is 33.0. The summed E-state index contributed by atoms with van der Waals surface area (Å²) in [4.78, 5) is 2.51. The monoisotopic (exact) mass is 489 g/mol. The molecule has 1 aliphatic carbocycles. The Morgan fingerprint density at radius 1 is 1.11 bits per heavy atom. The van der Waals surface area contributed by atoms with Crippen LogP contribution < -0.4 is 10.6 Å². The molecular weight excluding hydrogens is 438 g/mol. The molecule has 36 heavy (non-hydrogen) atoms. The Morgan fingerprint density at radius 2 is 1.69 bits per heavy atom. The predicted molar refractivity (Wildman–Crippen MR) is 159 cm³/mol. The number of nitrogens with one attached hydrogen (secondary N) is 2. The maximum absolute atomic E-state index is 4.73. The third kappa shape index (κ3) is 6.75. The fourth-order valence-electron chi connectivity index (χ4n) is 5.70. The summed E-state index contributed by atoms with van der Waals surface area (Å²) in [6.07, 6.45) is 8.35. The largest absolute Gasteiger partial charge is 0.385 e. The van der Waals surface area contributed by atoms with Gasteiger partial charge in [-0.2, -0.15) is 0 Å². The minimum absolute atomic E-state index is 0.0405. The Hall–Kier alpha value is -2.68. The lowest BCUT2D eigenvalue weighted by molar-refractivity contribution is 0.156. The van der Waals surface area contributed by atoms with E-state index < -0.39 is 0 Å². The molecule has 1 aromatic carbocycles. The van der Waals surface area contributed by atoms with Gasteiger partial charge < -0.3 is 15.5 Å². The molecule has 0 saturated carbocycles. The van der Waals surface area contributed by atoms with Gasteiger partial charge in [0, 0.05) is 23.1 Å². The molecule has 1 heterocycles. The van der Waals surface area contributed by atoms with Crippen molar-refractivity contribution < 1.29 is 0 Å². The van der Waals surface area contributed by atoms with Crippen molar-refractivity contribution in [3.8, 4) is 0 Å². The van der Waals surface area contributed by atoms with Gasteiger partial charge in [0.15, 0.2) is 0 Å². The third-order valence-electron chi connectivity index (χ3n) is 7.09. The molecule has 2 aliphatic rings. The topological polar surface area (TPSA) is 27.3 Å². The predicted octanol–water partition coefficient (Wildman–Crippen LogP) is 7.55. The van der Waals surface area contributed by atoms with E-state index in [4.69, 9.17) is 6.58 Å². The summed E-state index contributed by atoms with van der Waals surface area (Å²) in [5.74, 6) is 0.985. The molecule has 1 aliphatic heterocycles. The van der Waals surface area contributed by atoms with Crippen LogP contribution in [-0.4, -0.2) is 29.1 Å². The number of fused-ring (bicyclic) bond motifs is 1. The number of nitrogens with zero attached hydrogens (tertiary/aromatic N) is 1. The second kappa shape index (κ2) is 13.6. The van der Waals surface area contributed by atoms with Crippen molar-refractivity contribution in [1.82, 2.24) is 15.5 Å². The van der Waals surface area contributed by atoms with Gasteiger partial charge in [-0.1, -0.05) is 97.4 Å². The average molecular weight is 490 g/mol. The van der Waals surface area contributed by atoms with E-state index in [1.807, 2.05) is 19.9 Å². The lowest BCUT2D eigenvalue weighted by Crippen LogP contribution is -2.59. The van der Waals surface area contributed by atoms with E-state index in [1.54, 1.807) is 0 Å². The third-order valence-corrected chi connectivity index (χ3v) is 7.09. The van der Waals surface area contributed by atoms with Gasteiger partial charge in [-0.05, 0) is 68.1 Å². The van der Waals surface area contributed by atoms with Crippen LogP contribution in [0.3, 0.4) is 0 Å². The molecule has 3 heteroatoms. The zero-order chi connectivity index (χ0) is 27.0. The summed E-state index contributed by atoms with van der Waals surface area (Å²) >= 11 is 0. The molecule has 0 spiro atoms. The lowest BCUT2D eigenvalue weighted by Gasteiger charge is -2.51. The van der Waals surface area contributed by atoms with Gasteiger partial charge in [0.05, 0.1) is 18.1 Å². The highest BCUT2D eigenvalue weighted by Gasteiger charge is 2.43. The summed E-state index contributed by atoms with van der Waals surface area (Å²) in [6, 6.07) is 9.38. The summed E-state index contributed by atoms with van der Waals surface area (Å²) in [5.41, 5.74) is 7.32. The molecule has 1 aromatic rings. The van der Waals surface area contributed by atoms with E-state index in [-0.39, 0.29) is 18.1 Å². The minimum Gasteiger partial charge on any atom is -0.385 e. The summed E-state index contributed by atoms with van der Waals surface area (Å²) < 4.78 is 0. The zero-order valence-corrected chi connectivity index (χ0v) is 24.0. The maximum Gasteiger partial charge on any atom is 0.0936 e. The summed E-state index contributed by atoms with van der Waals surface area (Å²) in [7, 11) is 0. The first-order valence-corrected chi connectivity index (χ1v) is 13.9. The van der Waals surface area contributed by atoms with E-state index in [1.165, 1.54) is 16.7 Å². The van der Waals surface area contributed by atoms with Gasteiger partial charge >= 0.3 is 0 Å². The van der Waals surface area contributed by atoms with Crippen LogP contribution in [0.4, 0.5) is 0 Å². The van der Waals surface area contributed by atoms with Crippen LogP contribution in [0.5, 0.6) is 0 Å². The molecule has 0 amide bonds. The maximum atomic E-state index is 4.73. The zero-order valence-electron chi connectivity index (χ0n) is 24.0. The van der Waals surface area contributed by atoms with Gasteiger partial charge in [0.1, 0.15) is 0 Å². The molecule has 0 bridgehead atoms. The lowest BCUT2D eigenvalue weighted by atomic mass is 9.85. The van der Waals surface area contributed by atoms with Crippen LogP contribution in [0.1, 0.15) is 72.4 Å². The van der Waals surface area contributed by atoms with Crippen molar-refractivity contribution in [2.75, 3.05) is 0 Å². The van der Waals surface area contributed by atoms with Gasteiger partial charge in [-0.3, -0.25) is 0 Å². The molecule has 198 valence electrons. The Morgan fingerprint density at radius 3 is 2.17 bits per heavy atom. The molecule has 3 rings (SSSR count). The molecule has 0 aromatic heterocycles. The highest BCUT2D eigenvalue weighted by atomic mass is 15.3. The molecular formula is C33H51N3. The molecule has 3 nitrogen and oxygen atoms in total. The number of allylic oxidation sites excluding steroid dienone is 1. The SMILES string of the molecule is C=C/C(=C\CC)[C@H](C(=C)NC(C)C)N1C(=C)C(C2Cc3ccccc3C2)NC(=C)[C@H]1CC(C)C.CC. The van der Waals surface area contributed by atoms with Crippen molar-refractivity contribution in [3.63, 3.8) is 0 Å². The Bertz CT molecular complexity index is 926. The van der Waals surface area contributed by atoms with Gasteiger partial charge in [0.25, 0.3) is 0 Å². The van der Waals surface area contributed by atoms with Crippen LogP contribution in [0.25, 0.3) is 0 Å². The molecule has 2 N–H and O–H groups in total. The van der Waals surface area contributed by atoms with Crippen LogP contribution in [0, 0.1) is 11.8 Å². The second-order valence-electron chi connectivity index (χ2n) is 10.7. The molecule has 1 saturated heterocycles. The average Bonchev–Trinajstić information content (AvgIpc) is 3.27. The fraction of sp³-hybridized carbons (Fsp3) is 0.515. The second-order valence-corrected chi connectivity index (χ2v) is 10.7. The van der Waals surface area contributed by atoms with E-state index in [9.17, 15) is 0 Å². The van der Waals surface area contributed by atoms with E-state index in [0.29, 0.717) is 17.9 Å². The fourth-order valence-corrected chi connectivity index (χ4v) is 5.70. The van der Waals surface area contributed by atoms with E-state index in [2.05, 4.69) is 100 Å². The Kier molecular flexibility index (Phi) is 11.1. The van der Waals surface area contributed by atoms with Crippen molar-refractivity contribution in [2.45, 2.75) is 98.3 Å². The Balaban J connectivity index is 0.00000222.